The Bertz CT molecular complexity index is 1600. The maximum absolute atomic E-state index is 15.2. The number of unbranched alkanes of at least 4 members (excludes halogenated alkanes) is 1. The van der Waals surface area contributed by atoms with E-state index in [1.54, 1.807) is 19.1 Å². The van der Waals surface area contributed by atoms with Crippen molar-refractivity contribution < 1.29 is 27.9 Å². The number of nitrogens with zero attached hydrogens (tertiary/aromatic N) is 1. The minimum Gasteiger partial charge on any atom is -0.481 e. The molecule has 4 aromatic rings. The topological polar surface area (TPSA) is 79.3 Å². The Kier molecular flexibility index (Phi) is 9.48. The lowest BCUT2D eigenvalue weighted by Crippen LogP contribution is -2.42. The van der Waals surface area contributed by atoms with Gasteiger partial charge in [0.25, 0.3) is 5.91 Å². The van der Waals surface area contributed by atoms with Gasteiger partial charge in [0.05, 0.1) is 16.8 Å². The highest BCUT2D eigenvalue weighted by molar-refractivity contribution is 9.10. The zero-order chi connectivity index (χ0) is 29.7. The summed E-state index contributed by atoms with van der Waals surface area (Å²) in [6, 6.07) is 16.2. The van der Waals surface area contributed by atoms with Crippen LogP contribution in [-0.2, 0) is 10.2 Å². The molecule has 214 valence electrons. The second-order valence-corrected chi connectivity index (χ2v) is 11.1. The van der Waals surface area contributed by atoms with Crippen molar-refractivity contribution in [1.82, 2.24) is 10.3 Å². The van der Waals surface area contributed by atoms with Gasteiger partial charge in [-0.05, 0) is 49.6 Å². The number of carbonyl (C=O) groups is 2. The smallest absolute Gasteiger partial charge is 0.303 e. The van der Waals surface area contributed by atoms with Gasteiger partial charge >= 0.3 is 5.97 Å². The Morgan fingerprint density at radius 2 is 1.76 bits per heavy atom. The van der Waals surface area contributed by atoms with Gasteiger partial charge in [-0.25, -0.2) is 18.2 Å². The molecule has 0 bridgehead atoms. The number of carbonyl (C=O) groups excluding carboxylic acids is 1. The SMILES string of the molecule is CCCCC(CCC(=O)O)(CNC(=O)c1c(C)c(-c2ccccc2)nc2ccc(Br)cc12)c1cc(F)cc(F)c1F. The largest absolute Gasteiger partial charge is 0.481 e. The van der Waals surface area contributed by atoms with Crippen LogP contribution in [0.15, 0.2) is 65.1 Å². The maximum Gasteiger partial charge on any atom is 0.303 e. The van der Waals surface area contributed by atoms with E-state index in [9.17, 15) is 23.5 Å². The molecule has 0 radical (unpaired) electrons. The Morgan fingerprint density at radius 1 is 1.02 bits per heavy atom. The molecule has 0 spiro atoms. The zero-order valence-corrected chi connectivity index (χ0v) is 24.3. The Hall–Kier alpha value is -3.72. The number of aliphatic carboxylic acids is 1. The van der Waals surface area contributed by atoms with Crippen LogP contribution < -0.4 is 5.32 Å². The normalized spacial score (nSPS) is 12.7. The number of pyridine rings is 1. The summed E-state index contributed by atoms with van der Waals surface area (Å²) in [7, 11) is 0. The fourth-order valence-electron chi connectivity index (χ4n) is 5.31. The minimum atomic E-state index is -1.36. The molecule has 1 aromatic heterocycles. The first-order valence-electron chi connectivity index (χ1n) is 13.4. The number of halogens is 4. The molecule has 0 fully saturated rings. The van der Waals surface area contributed by atoms with E-state index in [0.717, 1.165) is 16.1 Å². The lowest BCUT2D eigenvalue weighted by molar-refractivity contribution is -0.137. The summed E-state index contributed by atoms with van der Waals surface area (Å²) in [5.41, 5.74) is 1.34. The van der Waals surface area contributed by atoms with Crippen LogP contribution >= 0.6 is 15.9 Å². The molecule has 2 N–H and O–H groups in total. The maximum atomic E-state index is 15.2. The van der Waals surface area contributed by atoms with Gasteiger partial charge in [0, 0.05) is 45.4 Å². The molecule has 0 saturated heterocycles. The second kappa shape index (κ2) is 12.9. The van der Waals surface area contributed by atoms with Crippen LogP contribution in [0, 0.1) is 24.4 Å². The van der Waals surface area contributed by atoms with Crippen LogP contribution in [0.25, 0.3) is 22.2 Å². The fraction of sp³-hybridized carbons (Fsp3) is 0.281. The van der Waals surface area contributed by atoms with Crippen molar-refractivity contribution in [3.8, 4) is 11.3 Å². The molecule has 3 aromatic carbocycles. The Morgan fingerprint density at radius 3 is 2.44 bits per heavy atom. The van der Waals surface area contributed by atoms with E-state index in [2.05, 4.69) is 21.2 Å². The van der Waals surface area contributed by atoms with Crippen LogP contribution in [0.2, 0.25) is 0 Å². The number of carboxylic acids is 1. The highest BCUT2D eigenvalue weighted by Crippen LogP contribution is 2.38. The number of hydrogen-bond donors (Lipinski definition) is 2. The number of nitrogens with one attached hydrogen (secondary N) is 1. The Labute approximate surface area is 244 Å². The van der Waals surface area contributed by atoms with Gasteiger partial charge in [0.15, 0.2) is 11.6 Å². The van der Waals surface area contributed by atoms with E-state index < -0.39 is 34.7 Å². The molecule has 0 saturated carbocycles. The van der Waals surface area contributed by atoms with Gasteiger partial charge < -0.3 is 10.4 Å². The van der Waals surface area contributed by atoms with Gasteiger partial charge in [0.2, 0.25) is 0 Å². The zero-order valence-electron chi connectivity index (χ0n) is 22.7. The molecule has 41 heavy (non-hydrogen) atoms. The van der Waals surface area contributed by atoms with Gasteiger partial charge in [-0.15, -0.1) is 0 Å². The molecular weight excluding hydrogens is 597 g/mol. The number of rotatable bonds is 11. The van der Waals surface area contributed by atoms with E-state index >= 15 is 4.39 Å². The van der Waals surface area contributed by atoms with E-state index in [0.29, 0.717) is 46.6 Å². The Balaban J connectivity index is 1.83. The van der Waals surface area contributed by atoms with Gasteiger partial charge in [-0.2, -0.15) is 0 Å². The summed E-state index contributed by atoms with van der Waals surface area (Å²) in [5, 5.41) is 12.9. The van der Waals surface area contributed by atoms with E-state index in [1.165, 1.54) is 0 Å². The first kappa shape index (κ1) is 30.2. The van der Waals surface area contributed by atoms with Gasteiger partial charge in [-0.1, -0.05) is 66.0 Å². The van der Waals surface area contributed by atoms with Crippen molar-refractivity contribution in [3.05, 3.63) is 99.3 Å². The van der Waals surface area contributed by atoms with Crippen molar-refractivity contribution in [2.24, 2.45) is 0 Å². The monoisotopic (exact) mass is 626 g/mol. The lowest BCUT2D eigenvalue weighted by atomic mass is 9.72. The predicted molar refractivity (Wildman–Crippen MR) is 156 cm³/mol. The summed E-state index contributed by atoms with van der Waals surface area (Å²) in [6.45, 7) is 3.47. The van der Waals surface area contributed by atoms with Crippen molar-refractivity contribution in [2.75, 3.05) is 6.54 Å². The molecule has 1 heterocycles. The predicted octanol–water partition coefficient (Wildman–Crippen LogP) is 8.11. The molecule has 1 unspecified atom stereocenters. The third-order valence-corrected chi connectivity index (χ3v) is 7.94. The number of carboxylic acid groups (broad SMARTS) is 1. The molecule has 1 amide bonds. The molecular formula is C32H30BrF3N2O3. The van der Waals surface area contributed by atoms with Crippen LogP contribution in [0.5, 0.6) is 0 Å². The van der Waals surface area contributed by atoms with Crippen LogP contribution in [0.3, 0.4) is 0 Å². The van der Waals surface area contributed by atoms with Crippen molar-refractivity contribution in [3.63, 3.8) is 0 Å². The highest BCUT2D eigenvalue weighted by Gasteiger charge is 2.37. The quantitative estimate of drug-likeness (QED) is 0.165. The van der Waals surface area contributed by atoms with Crippen LogP contribution in [0.1, 0.15) is 60.5 Å². The summed E-state index contributed by atoms with van der Waals surface area (Å²) < 4.78 is 44.7. The second-order valence-electron chi connectivity index (χ2n) is 10.2. The van der Waals surface area contributed by atoms with Crippen molar-refractivity contribution in [2.45, 2.75) is 51.4 Å². The number of hydrogen-bond acceptors (Lipinski definition) is 3. The number of aromatic nitrogens is 1. The first-order chi connectivity index (χ1) is 19.6. The van der Waals surface area contributed by atoms with Crippen molar-refractivity contribution in [1.29, 1.82) is 0 Å². The van der Waals surface area contributed by atoms with Crippen LogP contribution in [0.4, 0.5) is 13.2 Å². The summed E-state index contributed by atoms with van der Waals surface area (Å²) in [5.74, 6) is -5.21. The average molecular weight is 628 g/mol. The fourth-order valence-corrected chi connectivity index (χ4v) is 5.67. The van der Waals surface area contributed by atoms with Crippen LogP contribution in [-0.4, -0.2) is 28.5 Å². The molecule has 0 aliphatic rings. The molecule has 1 atom stereocenters. The van der Waals surface area contributed by atoms with Gasteiger partial charge in [0.1, 0.15) is 5.82 Å². The lowest BCUT2D eigenvalue weighted by Gasteiger charge is -2.35. The van der Waals surface area contributed by atoms with E-state index in [-0.39, 0.29) is 31.4 Å². The van der Waals surface area contributed by atoms with Crippen molar-refractivity contribution >= 4 is 38.7 Å². The van der Waals surface area contributed by atoms with Gasteiger partial charge in [-0.3, -0.25) is 9.59 Å². The van der Waals surface area contributed by atoms with E-state index in [4.69, 9.17) is 4.98 Å². The standard InChI is InChI=1S/C32H30BrF3N2O3/c1-3-4-13-32(14-12-27(39)40,24-16-22(34)17-25(35)29(24)36)18-37-31(41)28-19(2)30(20-8-6-5-7-9-20)38-26-11-10-21(33)15-23(26)28/h5-11,15-17H,3-4,12-14,18H2,1-2H3,(H,37,41)(H,39,40). The third kappa shape index (κ3) is 6.62. The molecule has 4 rings (SSSR count). The summed E-state index contributed by atoms with van der Waals surface area (Å²) in [6.07, 6.45) is 0.909. The minimum absolute atomic E-state index is 0.126. The average Bonchev–Trinajstić information content (AvgIpc) is 2.95. The molecule has 0 aliphatic heterocycles. The highest BCUT2D eigenvalue weighted by atomic mass is 79.9. The molecule has 9 heteroatoms. The summed E-state index contributed by atoms with van der Waals surface area (Å²) in [4.78, 5) is 30.4. The molecule has 5 nitrogen and oxygen atoms in total. The summed E-state index contributed by atoms with van der Waals surface area (Å²) >= 11 is 3.46. The first-order valence-corrected chi connectivity index (χ1v) is 14.2. The number of benzene rings is 3. The van der Waals surface area contributed by atoms with E-state index in [1.807, 2.05) is 43.3 Å². The number of fused-ring (bicyclic) bond motifs is 1. The third-order valence-electron chi connectivity index (χ3n) is 7.44. The number of amides is 1. The molecule has 0 aliphatic carbocycles.